The first-order valence-corrected chi connectivity index (χ1v) is 6.26. The van der Waals surface area contributed by atoms with Crippen molar-refractivity contribution in [2.45, 2.75) is 19.9 Å². The number of carbonyl (C=O) groups excluding carboxylic acids is 1. The number of carbonyl (C=O) groups is 1. The molecule has 1 N–H and O–H groups in total. The molecule has 0 aliphatic carbocycles. The van der Waals surface area contributed by atoms with E-state index >= 15 is 0 Å². The summed E-state index contributed by atoms with van der Waals surface area (Å²) in [5.41, 5.74) is 1.49. The molecule has 0 saturated carbocycles. The van der Waals surface area contributed by atoms with Gasteiger partial charge in [-0.1, -0.05) is 30.3 Å². The molecule has 0 aliphatic rings. The third-order valence-electron chi connectivity index (χ3n) is 2.53. The van der Waals surface area contributed by atoms with Crippen LogP contribution < -0.4 is 5.32 Å². The lowest BCUT2D eigenvalue weighted by Crippen LogP contribution is -2.24. The average molecular weight is 268 g/mol. The highest BCUT2D eigenvalue weighted by Crippen LogP contribution is 2.17. The average Bonchev–Trinajstić information content (AvgIpc) is 2.35. The molecule has 0 amide bonds. The quantitative estimate of drug-likeness (QED) is 0.636. The van der Waals surface area contributed by atoms with Gasteiger partial charge in [0.25, 0.3) is 0 Å². The Morgan fingerprint density at radius 3 is 2.89 bits per heavy atom. The van der Waals surface area contributed by atoms with Crippen LogP contribution >= 0.6 is 11.6 Å². The molecule has 1 atom stereocenters. The number of nitrogens with one attached hydrogen (secondary N) is 1. The van der Waals surface area contributed by atoms with Crippen molar-refractivity contribution in [3.8, 4) is 0 Å². The summed E-state index contributed by atoms with van der Waals surface area (Å²) in [5, 5.41) is 3.91. The van der Waals surface area contributed by atoms with Gasteiger partial charge in [0, 0.05) is 23.2 Å². The predicted molar refractivity (Wildman–Crippen MR) is 73.6 cm³/mol. The number of benzene rings is 1. The minimum atomic E-state index is -0.358. The largest absolute Gasteiger partial charge is 0.463 e. The summed E-state index contributed by atoms with van der Waals surface area (Å²) in [7, 11) is 0. The van der Waals surface area contributed by atoms with Gasteiger partial charge in [0.1, 0.15) is 0 Å². The Kier molecular flexibility index (Phi) is 5.89. The highest BCUT2D eigenvalue weighted by atomic mass is 35.5. The fourth-order valence-electron chi connectivity index (χ4n) is 1.48. The Morgan fingerprint density at radius 2 is 2.28 bits per heavy atom. The molecule has 0 unspecified atom stereocenters. The van der Waals surface area contributed by atoms with Crippen molar-refractivity contribution >= 4 is 17.6 Å². The van der Waals surface area contributed by atoms with Crippen molar-refractivity contribution in [3.63, 3.8) is 0 Å². The Morgan fingerprint density at radius 1 is 1.56 bits per heavy atom. The SMILES string of the molecule is C=C(CN[C@@H](C)c1cccc(Cl)c1)C(=O)OCC. The summed E-state index contributed by atoms with van der Waals surface area (Å²) in [5.74, 6) is -0.358. The number of rotatable bonds is 6. The first kappa shape index (κ1) is 14.7. The molecular formula is C14H18ClNO2. The Hall–Kier alpha value is -1.32. The van der Waals surface area contributed by atoms with E-state index in [9.17, 15) is 4.79 Å². The van der Waals surface area contributed by atoms with E-state index in [2.05, 4.69) is 11.9 Å². The third kappa shape index (κ3) is 4.51. The van der Waals surface area contributed by atoms with Crippen LogP contribution in [0, 0.1) is 0 Å². The van der Waals surface area contributed by atoms with E-state index in [0.717, 1.165) is 5.56 Å². The minimum absolute atomic E-state index is 0.0925. The smallest absolute Gasteiger partial charge is 0.334 e. The summed E-state index contributed by atoms with van der Waals surface area (Å²) in [6.07, 6.45) is 0. The molecule has 0 aliphatic heterocycles. The number of hydrogen-bond acceptors (Lipinski definition) is 3. The van der Waals surface area contributed by atoms with E-state index in [1.807, 2.05) is 31.2 Å². The van der Waals surface area contributed by atoms with Crippen molar-refractivity contribution < 1.29 is 9.53 Å². The zero-order valence-electron chi connectivity index (χ0n) is 10.7. The Labute approximate surface area is 113 Å². The predicted octanol–water partition coefficient (Wildman–Crippen LogP) is 3.11. The molecule has 0 spiro atoms. The van der Waals surface area contributed by atoms with Crippen molar-refractivity contribution in [2.24, 2.45) is 0 Å². The van der Waals surface area contributed by atoms with Crippen molar-refractivity contribution in [3.05, 3.63) is 47.0 Å². The van der Waals surface area contributed by atoms with Crippen LogP contribution in [0.5, 0.6) is 0 Å². The second kappa shape index (κ2) is 7.19. The highest BCUT2D eigenvalue weighted by molar-refractivity contribution is 6.30. The van der Waals surface area contributed by atoms with Crippen LogP contribution in [0.25, 0.3) is 0 Å². The molecule has 1 rings (SSSR count). The molecule has 18 heavy (non-hydrogen) atoms. The van der Waals surface area contributed by atoms with E-state index in [0.29, 0.717) is 23.7 Å². The molecule has 0 aromatic heterocycles. The van der Waals surface area contributed by atoms with E-state index in [-0.39, 0.29) is 12.0 Å². The molecule has 0 saturated heterocycles. The Bertz CT molecular complexity index is 432. The molecule has 3 nitrogen and oxygen atoms in total. The van der Waals surface area contributed by atoms with Crippen LogP contribution in [0.15, 0.2) is 36.4 Å². The lowest BCUT2D eigenvalue weighted by atomic mass is 10.1. The van der Waals surface area contributed by atoms with Crippen LogP contribution in [0.1, 0.15) is 25.5 Å². The maximum Gasteiger partial charge on any atom is 0.334 e. The van der Waals surface area contributed by atoms with Crippen molar-refractivity contribution in [1.82, 2.24) is 5.32 Å². The van der Waals surface area contributed by atoms with Gasteiger partial charge in [0.2, 0.25) is 0 Å². The van der Waals surface area contributed by atoms with Gasteiger partial charge in [-0.25, -0.2) is 4.79 Å². The summed E-state index contributed by atoms with van der Waals surface area (Å²) >= 11 is 5.92. The van der Waals surface area contributed by atoms with E-state index in [4.69, 9.17) is 16.3 Å². The Balaban J connectivity index is 2.48. The normalized spacial score (nSPS) is 11.9. The molecule has 0 radical (unpaired) electrons. The number of halogens is 1. The van der Waals surface area contributed by atoms with Gasteiger partial charge in [-0.3, -0.25) is 0 Å². The molecule has 0 bridgehead atoms. The van der Waals surface area contributed by atoms with Crippen LogP contribution in [0.4, 0.5) is 0 Å². The molecule has 98 valence electrons. The van der Waals surface area contributed by atoms with Crippen molar-refractivity contribution in [2.75, 3.05) is 13.2 Å². The van der Waals surface area contributed by atoms with Gasteiger partial charge in [0.05, 0.1) is 6.61 Å². The maximum absolute atomic E-state index is 11.4. The first-order chi connectivity index (χ1) is 8.54. The summed E-state index contributed by atoms with van der Waals surface area (Å²) in [6, 6.07) is 7.70. The van der Waals surface area contributed by atoms with Crippen molar-refractivity contribution in [1.29, 1.82) is 0 Å². The van der Waals surface area contributed by atoms with Crippen LogP contribution in [0.2, 0.25) is 5.02 Å². The molecule has 4 heteroatoms. The van der Waals surface area contributed by atoms with Gasteiger partial charge < -0.3 is 10.1 Å². The number of esters is 1. The second-order valence-corrected chi connectivity index (χ2v) is 4.42. The van der Waals surface area contributed by atoms with Gasteiger partial charge in [-0.2, -0.15) is 0 Å². The molecular weight excluding hydrogens is 250 g/mol. The van der Waals surface area contributed by atoms with Gasteiger partial charge >= 0.3 is 5.97 Å². The second-order valence-electron chi connectivity index (χ2n) is 3.98. The molecule has 0 fully saturated rings. The number of ether oxygens (including phenoxy) is 1. The van der Waals surface area contributed by atoms with Crippen LogP contribution in [0.3, 0.4) is 0 Å². The summed E-state index contributed by atoms with van der Waals surface area (Å²) < 4.78 is 4.86. The maximum atomic E-state index is 11.4. The standard InChI is InChI=1S/C14H18ClNO2/c1-4-18-14(17)10(2)9-16-11(3)12-6-5-7-13(15)8-12/h5-8,11,16H,2,4,9H2,1,3H3/t11-/m0/s1. The van der Waals surface area contributed by atoms with E-state index in [1.54, 1.807) is 6.92 Å². The van der Waals surface area contributed by atoms with E-state index < -0.39 is 0 Å². The topological polar surface area (TPSA) is 38.3 Å². The highest BCUT2D eigenvalue weighted by Gasteiger charge is 2.10. The summed E-state index contributed by atoms with van der Waals surface area (Å²) in [6.45, 7) is 8.23. The van der Waals surface area contributed by atoms with Gasteiger partial charge in [-0.15, -0.1) is 0 Å². The van der Waals surface area contributed by atoms with Gasteiger partial charge in [-0.05, 0) is 31.5 Å². The lowest BCUT2D eigenvalue weighted by molar-refractivity contribution is -0.138. The minimum Gasteiger partial charge on any atom is -0.463 e. The third-order valence-corrected chi connectivity index (χ3v) is 2.77. The van der Waals surface area contributed by atoms with Gasteiger partial charge in [0.15, 0.2) is 0 Å². The fourth-order valence-corrected chi connectivity index (χ4v) is 1.67. The van der Waals surface area contributed by atoms with Crippen LogP contribution in [-0.4, -0.2) is 19.1 Å². The lowest BCUT2D eigenvalue weighted by Gasteiger charge is -2.15. The monoisotopic (exact) mass is 267 g/mol. The first-order valence-electron chi connectivity index (χ1n) is 5.88. The zero-order chi connectivity index (χ0) is 13.5. The number of hydrogen-bond donors (Lipinski definition) is 1. The molecule has 1 aromatic carbocycles. The zero-order valence-corrected chi connectivity index (χ0v) is 11.5. The van der Waals surface area contributed by atoms with Crippen LogP contribution in [-0.2, 0) is 9.53 Å². The fraction of sp³-hybridized carbons (Fsp3) is 0.357. The van der Waals surface area contributed by atoms with E-state index in [1.165, 1.54) is 0 Å². The summed E-state index contributed by atoms with van der Waals surface area (Å²) in [4.78, 5) is 11.4. The molecule has 0 heterocycles. The molecule has 1 aromatic rings.